The summed E-state index contributed by atoms with van der Waals surface area (Å²) in [6, 6.07) is -1.66. The third kappa shape index (κ3) is 2.11. The first kappa shape index (κ1) is 12.0. The third-order valence-corrected chi connectivity index (χ3v) is 2.55. The van der Waals surface area contributed by atoms with Gasteiger partial charge in [0, 0.05) is 7.05 Å². The van der Waals surface area contributed by atoms with E-state index in [0.29, 0.717) is 0 Å². The summed E-state index contributed by atoms with van der Waals surface area (Å²) in [5, 5.41) is 8.86. The second-order valence-corrected chi connectivity index (χ2v) is 4.71. The third-order valence-electron chi connectivity index (χ3n) is 2.15. The molecule has 15 heavy (non-hydrogen) atoms. The largest absolute Gasteiger partial charge is 0.480 e. The molecule has 1 aliphatic heterocycles. The minimum atomic E-state index is -1.17. The van der Waals surface area contributed by atoms with Crippen LogP contribution in [-0.4, -0.2) is 57.3 Å². The molecule has 2 atom stereocenters. The monoisotopic (exact) mass is 278 g/mol. The number of aliphatic carboxylic acids is 1. The first-order chi connectivity index (χ1) is 6.86. The van der Waals surface area contributed by atoms with Gasteiger partial charge in [0.25, 0.3) is 0 Å². The van der Waals surface area contributed by atoms with Crippen molar-refractivity contribution in [2.24, 2.45) is 0 Å². The number of hydrogen-bond donors (Lipinski definition) is 1. The second kappa shape index (κ2) is 4.18. The van der Waals surface area contributed by atoms with Crippen molar-refractivity contribution in [2.45, 2.75) is 17.8 Å². The van der Waals surface area contributed by atoms with Crippen LogP contribution in [0.1, 0.15) is 6.92 Å². The maximum absolute atomic E-state index is 11.6. The second-order valence-electron chi connectivity index (χ2n) is 3.34. The number of nitrogens with zero attached hydrogens (tertiary/aromatic N) is 2. The van der Waals surface area contributed by atoms with Crippen LogP contribution < -0.4 is 0 Å². The van der Waals surface area contributed by atoms with Crippen LogP contribution in [0.4, 0.5) is 4.79 Å². The van der Waals surface area contributed by atoms with E-state index in [1.54, 1.807) is 6.92 Å². The maximum atomic E-state index is 11.6. The highest BCUT2D eigenvalue weighted by molar-refractivity contribution is 9.10. The fourth-order valence-corrected chi connectivity index (χ4v) is 1.59. The Hall–Kier alpha value is -1.11. The SMILES string of the molecule is CC(Br)C(=O)N1C(=O)N(C)CC1C(=O)O. The average Bonchev–Trinajstić information content (AvgIpc) is 2.42. The highest BCUT2D eigenvalue weighted by atomic mass is 79.9. The van der Waals surface area contributed by atoms with Gasteiger partial charge in [0.15, 0.2) is 6.04 Å². The molecule has 0 radical (unpaired) electrons. The maximum Gasteiger partial charge on any atom is 0.328 e. The molecule has 1 saturated heterocycles. The topological polar surface area (TPSA) is 77.9 Å². The number of carboxylic acids is 1. The van der Waals surface area contributed by atoms with Gasteiger partial charge in [-0.3, -0.25) is 4.79 Å². The fourth-order valence-electron chi connectivity index (χ4n) is 1.36. The van der Waals surface area contributed by atoms with Gasteiger partial charge in [-0.05, 0) is 6.92 Å². The zero-order valence-electron chi connectivity index (χ0n) is 8.31. The van der Waals surface area contributed by atoms with E-state index in [2.05, 4.69) is 15.9 Å². The molecule has 84 valence electrons. The van der Waals surface area contributed by atoms with Gasteiger partial charge < -0.3 is 10.0 Å². The minimum Gasteiger partial charge on any atom is -0.480 e. The number of likely N-dealkylation sites (N-methyl/N-ethyl adjacent to an activating group) is 1. The van der Waals surface area contributed by atoms with E-state index in [1.165, 1.54) is 11.9 Å². The first-order valence-corrected chi connectivity index (χ1v) is 5.23. The van der Waals surface area contributed by atoms with Gasteiger partial charge >= 0.3 is 12.0 Å². The number of carboxylic acid groups (broad SMARTS) is 1. The van der Waals surface area contributed by atoms with Gasteiger partial charge in [-0.2, -0.15) is 0 Å². The molecule has 1 rings (SSSR count). The van der Waals surface area contributed by atoms with Crippen LogP contribution >= 0.6 is 15.9 Å². The standard InChI is InChI=1S/C8H11BrN2O4/c1-4(9)6(12)11-5(7(13)14)3-10(2)8(11)15/h4-5H,3H2,1-2H3,(H,13,14). The summed E-state index contributed by atoms with van der Waals surface area (Å²) in [6.45, 7) is 1.58. The summed E-state index contributed by atoms with van der Waals surface area (Å²) in [5.41, 5.74) is 0. The molecule has 0 aromatic rings. The minimum absolute atomic E-state index is 0.0274. The molecule has 0 aromatic carbocycles. The molecule has 1 N–H and O–H groups in total. The molecule has 1 heterocycles. The van der Waals surface area contributed by atoms with Crippen molar-refractivity contribution in [1.29, 1.82) is 0 Å². The molecule has 1 aliphatic rings. The fraction of sp³-hybridized carbons (Fsp3) is 0.625. The Labute approximate surface area is 95.0 Å². The van der Waals surface area contributed by atoms with Crippen molar-refractivity contribution in [3.8, 4) is 0 Å². The quantitative estimate of drug-likeness (QED) is 0.728. The molecule has 0 spiro atoms. The molecule has 0 aliphatic carbocycles. The zero-order chi connectivity index (χ0) is 11.7. The van der Waals surface area contributed by atoms with E-state index in [9.17, 15) is 14.4 Å². The van der Waals surface area contributed by atoms with Crippen LogP contribution in [-0.2, 0) is 9.59 Å². The number of halogens is 1. The smallest absolute Gasteiger partial charge is 0.328 e. The van der Waals surface area contributed by atoms with Crippen molar-refractivity contribution in [1.82, 2.24) is 9.80 Å². The molecule has 0 aromatic heterocycles. The first-order valence-electron chi connectivity index (χ1n) is 4.31. The van der Waals surface area contributed by atoms with Gasteiger partial charge in [-0.1, -0.05) is 15.9 Å². The molecule has 2 unspecified atom stereocenters. The number of amides is 3. The van der Waals surface area contributed by atoms with Gasteiger partial charge in [0.1, 0.15) is 0 Å². The number of rotatable bonds is 2. The summed E-state index contributed by atoms with van der Waals surface area (Å²) in [4.78, 5) is 35.4. The predicted molar refractivity (Wildman–Crippen MR) is 54.7 cm³/mol. The lowest BCUT2D eigenvalue weighted by Gasteiger charge is -2.19. The Balaban J connectivity index is 2.96. The van der Waals surface area contributed by atoms with Crippen molar-refractivity contribution >= 4 is 33.8 Å². The zero-order valence-corrected chi connectivity index (χ0v) is 9.89. The van der Waals surface area contributed by atoms with Crippen LogP contribution in [0.2, 0.25) is 0 Å². The predicted octanol–water partition coefficient (Wildman–Crippen LogP) is 0.117. The van der Waals surface area contributed by atoms with Crippen molar-refractivity contribution in [2.75, 3.05) is 13.6 Å². The Bertz CT molecular complexity index is 318. The Morgan fingerprint density at radius 2 is 2.13 bits per heavy atom. The lowest BCUT2D eigenvalue weighted by molar-refractivity contribution is -0.145. The number of alkyl halides is 1. The van der Waals surface area contributed by atoms with Crippen LogP contribution in [0.5, 0.6) is 0 Å². The van der Waals surface area contributed by atoms with Gasteiger partial charge in [-0.15, -0.1) is 0 Å². The lowest BCUT2D eigenvalue weighted by Crippen LogP contribution is -2.46. The van der Waals surface area contributed by atoms with E-state index in [4.69, 9.17) is 5.11 Å². The van der Waals surface area contributed by atoms with Crippen molar-refractivity contribution in [3.05, 3.63) is 0 Å². The molecule has 0 saturated carbocycles. The summed E-state index contributed by atoms with van der Waals surface area (Å²) in [5.74, 6) is -1.70. The number of carbonyl (C=O) groups is 3. The lowest BCUT2D eigenvalue weighted by atomic mass is 10.2. The number of imide groups is 1. The Morgan fingerprint density at radius 3 is 2.53 bits per heavy atom. The number of carbonyl (C=O) groups excluding carboxylic acids is 2. The Morgan fingerprint density at radius 1 is 1.60 bits per heavy atom. The highest BCUT2D eigenvalue weighted by Gasteiger charge is 2.44. The van der Waals surface area contributed by atoms with Crippen molar-refractivity contribution < 1.29 is 19.5 Å². The molecule has 0 bridgehead atoms. The van der Waals surface area contributed by atoms with E-state index in [1.807, 2.05) is 0 Å². The molecular formula is C8H11BrN2O4. The van der Waals surface area contributed by atoms with E-state index >= 15 is 0 Å². The molecule has 6 nitrogen and oxygen atoms in total. The van der Waals surface area contributed by atoms with Crippen LogP contribution in [0.25, 0.3) is 0 Å². The average molecular weight is 279 g/mol. The van der Waals surface area contributed by atoms with E-state index < -0.39 is 28.8 Å². The molecule has 7 heteroatoms. The van der Waals surface area contributed by atoms with Crippen LogP contribution in [0.3, 0.4) is 0 Å². The summed E-state index contributed by atoms with van der Waals surface area (Å²) >= 11 is 3.02. The van der Waals surface area contributed by atoms with Crippen molar-refractivity contribution in [3.63, 3.8) is 0 Å². The van der Waals surface area contributed by atoms with Gasteiger partial charge in [0.05, 0.1) is 11.4 Å². The normalized spacial score (nSPS) is 23.1. The highest BCUT2D eigenvalue weighted by Crippen LogP contribution is 2.18. The van der Waals surface area contributed by atoms with Gasteiger partial charge in [-0.25, -0.2) is 14.5 Å². The summed E-state index contributed by atoms with van der Waals surface area (Å²) < 4.78 is 0. The van der Waals surface area contributed by atoms with E-state index in [-0.39, 0.29) is 6.54 Å². The Kier molecular flexibility index (Phi) is 3.33. The van der Waals surface area contributed by atoms with Crippen LogP contribution in [0, 0.1) is 0 Å². The van der Waals surface area contributed by atoms with E-state index in [0.717, 1.165) is 4.90 Å². The summed E-state index contributed by atoms with van der Waals surface area (Å²) in [7, 11) is 1.46. The van der Waals surface area contributed by atoms with Crippen LogP contribution in [0.15, 0.2) is 0 Å². The molecule has 1 fully saturated rings. The molecule has 3 amide bonds. The number of urea groups is 1. The molecular weight excluding hydrogens is 268 g/mol. The number of hydrogen-bond acceptors (Lipinski definition) is 3. The summed E-state index contributed by atoms with van der Waals surface area (Å²) in [6.07, 6.45) is 0. The van der Waals surface area contributed by atoms with Gasteiger partial charge in [0.2, 0.25) is 5.91 Å².